The first-order valence-corrected chi connectivity index (χ1v) is 5.95. The Labute approximate surface area is 103 Å². The van der Waals surface area contributed by atoms with Crippen LogP contribution >= 0.6 is 0 Å². The highest BCUT2D eigenvalue weighted by Gasteiger charge is 2.13. The van der Waals surface area contributed by atoms with Crippen LogP contribution in [0.4, 0.5) is 0 Å². The summed E-state index contributed by atoms with van der Waals surface area (Å²) in [5.41, 5.74) is 1.37. The molecule has 1 heterocycles. The number of nitriles is 1. The van der Waals surface area contributed by atoms with Gasteiger partial charge in [-0.2, -0.15) is 5.26 Å². The average Bonchev–Trinajstić information content (AvgIpc) is 2.39. The summed E-state index contributed by atoms with van der Waals surface area (Å²) >= 11 is 0. The molecule has 1 aromatic carbocycles. The molecule has 0 aromatic heterocycles. The number of hydrogen-bond donors (Lipinski definition) is 0. The van der Waals surface area contributed by atoms with Crippen LogP contribution in [0.5, 0.6) is 0 Å². The van der Waals surface area contributed by atoms with Crippen molar-refractivity contribution in [2.75, 3.05) is 26.2 Å². The van der Waals surface area contributed by atoms with Gasteiger partial charge >= 0.3 is 0 Å². The zero-order chi connectivity index (χ0) is 11.9. The first-order valence-electron chi connectivity index (χ1n) is 5.95. The van der Waals surface area contributed by atoms with E-state index in [1.165, 1.54) is 5.56 Å². The third kappa shape index (κ3) is 3.61. The van der Waals surface area contributed by atoms with Gasteiger partial charge in [-0.15, -0.1) is 0 Å². The second kappa shape index (κ2) is 6.07. The van der Waals surface area contributed by atoms with E-state index in [4.69, 9.17) is 5.26 Å². The third-order valence-corrected chi connectivity index (χ3v) is 3.02. The van der Waals surface area contributed by atoms with Crippen molar-refractivity contribution >= 4 is 0 Å². The zero-order valence-corrected chi connectivity index (χ0v) is 9.92. The highest BCUT2D eigenvalue weighted by molar-refractivity contribution is 5.14. The molecule has 0 bridgehead atoms. The van der Waals surface area contributed by atoms with E-state index in [2.05, 4.69) is 34.1 Å². The van der Waals surface area contributed by atoms with Crippen LogP contribution < -0.4 is 0 Å². The lowest BCUT2D eigenvalue weighted by molar-refractivity contribution is 0.162. The Balaban J connectivity index is 1.80. The Bertz CT molecular complexity index is 397. The summed E-state index contributed by atoms with van der Waals surface area (Å²) in [4.78, 5) is 4.65. The molecule has 0 saturated carbocycles. The Kier molecular flexibility index (Phi) is 4.17. The Morgan fingerprint density at radius 1 is 1.12 bits per heavy atom. The molecule has 2 rings (SSSR count). The van der Waals surface area contributed by atoms with Crippen LogP contribution in [-0.2, 0) is 6.54 Å². The van der Waals surface area contributed by atoms with Gasteiger partial charge in [-0.05, 0) is 5.56 Å². The van der Waals surface area contributed by atoms with Crippen molar-refractivity contribution < 1.29 is 0 Å². The van der Waals surface area contributed by atoms with E-state index in [-0.39, 0.29) is 0 Å². The standard InChI is InChI=1S/C14H17N3/c15-7-4-8-16-9-11-17(12-10-16)13-14-5-2-1-3-6-14/h1-6,8H,9-13H2/b8-4+. The summed E-state index contributed by atoms with van der Waals surface area (Å²) in [7, 11) is 0. The van der Waals surface area contributed by atoms with E-state index in [0.29, 0.717) is 0 Å². The molecule has 0 radical (unpaired) electrons. The van der Waals surface area contributed by atoms with E-state index in [0.717, 1.165) is 32.7 Å². The molecule has 0 unspecified atom stereocenters. The van der Waals surface area contributed by atoms with Crippen molar-refractivity contribution in [2.45, 2.75) is 6.54 Å². The van der Waals surface area contributed by atoms with Gasteiger partial charge in [0.25, 0.3) is 0 Å². The molecule has 3 nitrogen and oxygen atoms in total. The molecular formula is C14H17N3. The molecule has 0 atom stereocenters. The summed E-state index contributed by atoms with van der Waals surface area (Å²) in [5, 5.41) is 8.47. The number of piperazine rings is 1. The molecule has 0 spiro atoms. The monoisotopic (exact) mass is 227 g/mol. The number of rotatable bonds is 3. The van der Waals surface area contributed by atoms with E-state index in [1.807, 2.05) is 18.3 Å². The van der Waals surface area contributed by atoms with Crippen LogP contribution in [0.25, 0.3) is 0 Å². The van der Waals surface area contributed by atoms with Gasteiger partial charge < -0.3 is 4.90 Å². The lowest BCUT2D eigenvalue weighted by Gasteiger charge is -2.33. The minimum absolute atomic E-state index is 1.00. The summed E-state index contributed by atoms with van der Waals surface area (Å²) in [5.74, 6) is 0. The molecule has 1 aliphatic rings. The first kappa shape index (κ1) is 11.7. The van der Waals surface area contributed by atoms with Gasteiger partial charge in [-0.3, -0.25) is 4.90 Å². The molecule has 1 aromatic rings. The number of allylic oxidation sites excluding steroid dienone is 1. The van der Waals surface area contributed by atoms with Gasteiger partial charge in [-0.25, -0.2) is 0 Å². The molecule has 0 N–H and O–H groups in total. The van der Waals surface area contributed by atoms with Crippen molar-refractivity contribution in [3.8, 4) is 6.07 Å². The largest absolute Gasteiger partial charge is 0.374 e. The van der Waals surface area contributed by atoms with Crippen LogP contribution in [-0.4, -0.2) is 36.0 Å². The highest BCUT2D eigenvalue weighted by Crippen LogP contribution is 2.08. The fourth-order valence-electron chi connectivity index (χ4n) is 2.05. The fraction of sp³-hybridized carbons (Fsp3) is 0.357. The van der Waals surface area contributed by atoms with Crippen LogP contribution in [0.2, 0.25) is 0 Å². The molecule has 1 fully saturated rings. The number of benzene rings is 1. The maximum atomic E-state index is 8.47. The molecule has 88 valence electrons. The van der Waals surface area contributed by atoms with Gasteiger partial charge in [0.1, 0.15) is 0 Å². The van der Waals surface area contributed by atoms with E-state index in [1.54, 1.807) is 6.08 Å². The molecule has 0 aliphatic carbocycles. The predicted octanol–water partition coefficient (Wildman–Crippen LogP) is 1.84. The molecular weight excluding hydrogens is 210 g/mol. The second-order valence-electron chi connectivity index (χ2n) is 4.24. The number of hydrogen-bond acceptors (Lipinski definition) is 3. The maximum Gasteiger partial charge on any atom is 0.0927 e. The smallest absolute Gasteiger partial charge is 0.0927 e. The van der Waals surface area contributed by atoms with Crippen LogP contribution in [0.1, 0.15) is 5.56 Å². The van der Waals surface area contributed by atoms with E-state index >= 15 is 0 Å². The third-order valence-electron chi connectivity index (χ3n) is 3.02. The maximum absolute atomic E-state index is 8.47. The quantitative estimate of drug-likeness (QED) is 0.738. The fourth-order valence-corrected chi connectivity index (χ4v) is 2.05. The van der Waals surface area contributed by atoms with Crippen LogP contribution in [0, 0.1) is 11.3 Å². The minimum atomic E-state index is 1.00. The van der Waals surface area contributed by atoms with Gasteiger partial charge in [-0.1, -0.05) is 30.3 Å². The van der Waals surface area contributed by atoms with E-state index < -0.39 is 0 Å². The van der Waals surface area contributed by atoms with Crippen molar-refractivity contribution in [1.29, 1.82) is 5.26 Å². The van der Waals surface area contributed by atoms with Gasteiger partial charge in [0.15, 0.2) is 0 Å². The van der Waals surface area contributed by atoms with Crippen molar-refractivity contribution in [1.82, 2.24) is 9.80 Å². The first-order chi connectivity index (χ1) is 8.38. The molecule has 0 amide bonds. The Morgan fingerprint density at radius 3 is 2.47 bits per heavy atom. The summed E-state index contributed by atoms with van der Waals surface area (Å²) in [6.45, 7) is 5.15. The van der Waals surface area contributed by atoms with Crippen LogP contribution in [0.15, 0.2) is 42.6 Å². The summed E-state index contributed by atoms with van der Waals surface area (Å²) in [6.07, 6.45) is 3.44. The lowest BCUT2D eigenvalue weighted by Crippen LogP contribution is -2.43. The van der Waals surface area contributed by atoms with Gasteiger partial charge in [0.2, 0.25) is 0 Å². The minimum Gasteiger partial charge on any atom is -0.374 e. The zero-order valence-electron chi connectivity index (χ0n) is 9.92. The summed E-state index contributed by atoms with van der Waals surface area (Å²) in [6, 6.07) is 12.6. The Morgan fingerprint density at radius 2 is 1.82 bits per heavy atom. The predicted molar refractivity (Wildman–Crippen MR) is 68.0 cm³/mol. The second-order valence-corrected chi connectivity index (χ2v) is 4.24. The average molecular weight is 227 g/mol. The molecule has 1 aliphatic heterocycles. The van der Waals surface area contributed by atoms with Crippen LogP contribution in [0.3, 0.4) is 0 Å². The Hall–Kier alpha value is -1.79. The molecule has 1 saturated heterocycles. The van der Waals surface area contributed by atoms with Crippen molar-refractivity contribution in [2.24, 2.45) is 0 Å². The highest BCUT2D eigenvalue weighted by atomic mass is 15.2. The van der Waals surface area contributed by atoms with Crippen molar-refractivity contribution in [3.63, 3.8) is 0 Å². The molecule has 3 heteroatoms. The SMILES string of the molecule is N#C/C=C/N1CCN(Cc2ccccc2)CC1. The topological polar surface area (TPSA) is 30.3 Å². The lowest BCUT2D eigenvalue weighted by atomic mass is 10.2. The van der Waals surface area contributed by atoms with Crippen molar-refractivity contribution in [3.05, 3.63) is 48.2 Å². The molecule has 17 heavy (non-hydrogen) atoms. The van der Waals surface area contributed by atoms with Gasteiger partial charge in [0, 0.05) is 45.0 Å². The summed E-state index contributed by atoms with van der Waals surface area (Å²) < 4.78 is 0. The normalized spacial score (nSPS) is 17.2. The number of nitrogens with zero attached hydrogens (tertiary/aromatic N) is 3. The van der Waals surface area contributed by atoms with Gasteiger partial charge in [0.05, 0.1) is 6.07 Å². The van der Waals surface area contributed by atoms with E-state index in [9.17, 15) is 0 Å².